The average Bonchev–Trinajstić information content (AvgIpc) is 2.89. The van der Waals surface area contributed by atoms with E-state index in [0.717, 1.165) is 19.6 Å². The molecule has 4 rings (SSSR count). The third kappa shape index (κ3) is 1.42. The molecule has 0 saturated carbocycles. The van der Waals surface area contributed by atoms with Crippen LogP contribution in [-0.4, -0.2) is 13.2 Å². The normalized spacial score (nSPS) is 28.7. The molecule has 18 heavy (non-hydrogen) atoms. The van der Waals surface area contributed by atoms with E-state index in [0.29, 0.717) is 5.92 Å². The first-order chi connectivity index (χ1) is 8.89. The molecule has 1 saturated heterocycles. The minimum absolute atomic E-state index is 0.448. The van der Waals surface area contributed by atoms with Crippen LogP contribution in [0.2, 0.25) is 0 Å². The second kappa shape index (κ2) is 3.94. The van der Waals surface area contributed by atoms with Gasteiger partial charge in [0.2, 0.25) is 0 Å². The van der Waals surface area contributed by atoms with Gasteiger partial charge in [-0.05, 0) is 36.3 Å². The molecule has 0 aromatic heterocycles. The molecule has 0 amide bonds. The summed E-state index contributed by atoms with van der Waals surface area (Å²) in [6.45, 7) is 1.44. The molecule has 2 heteroatoms. The summed E-state index contributed by atoms with van der Waals surface area (Å²) < 4.78 is 12.0. The van der Waals surface area contributed by atoms with Crippen molar-refractivity contribution in [1.82, 2.24) is 0 Å². The molecule has 1 heterocycles. The molecule has 0 bridgehead atoms. The van der Waals surface area contributed by atoms with E-state index in [4.69, 9.17) is 9.47 Å². The van der Waals surface area contributed by atoms with Crippen LogP contribution in [0, 0.1) is 5.92 Å². The smallest absolute Gasteiger partial charge is 0.196 e. The first-order valence-electron chi connectivity index (χ1n) is 6.97. The molecule has 1 aromatic carbocycles. The third-order valence-corrected chi connectivity index (χ3v) is 4.48. The van der Waals surface area contributed by atoms with Gasteiger partial charge in [-0.25, -0.2) is 0 Å². The molecule has 3 aliphatic rings. The Morgan fingerprint density at radius 2 is 1.94 bits per heavy atom. The number of rotatable bonds is 0. The quantitative estimate of drug-likeness (QED) is 0.693. The Balaban J connectivity index is 1.90. The Labute approximate surface area is 108 Å². The van der Waals surface area contributed by atoms with E-state index < -0.39 is 5.79 Å². The fraction of sp³-hybridized carbons (Fsp3) is 0.500. The van der Waals surface area contributed by atoms with E-state index in [1.165, 1.54) is 36.0 Å². The topological polar surface area (TPSA) is 18.5 Å². The number of fused-ring (bicyclic) bond motifs is 4. The first-order valence-corrected chi connectivity index (χ1v) is 6.97. The fourth-order valence-corrected chi connectivity index (χ4v) is 3.72. The molecule has 1 fully saturated rings. The summed E-state index contributed by atoms with van der Waals surface area (Å²) in [6.07, 6.45) is 7.21. The fourth-order valence-electron chi connectivity index (χ4n) is 3.72. The highest BCUT2D eigenvalue weighted by Gasteiger charge is 2.46. The van der Waals surface area contributed by atoms with Crippen LogP contribution in [-0.2, 0) is 15.3 Å². The molecule has 1 spiro atoms. The van der Waals surface area contributed by atoms with Gasteiger partial charge < -0.3 is 9.47 Å². The molecule has 1 atom stereocenters. The highest BCUT2D eigenvalue weighted by atomic mass is 16.7. The van der Waals surface area contributed by atoms with Crippen LogP contribution >= 0.6 is 0 Å². The van der Waals surface area contributed by atoms with Crippen molar-refractivity contribution in [2.45, 2.75) is 31.5 Å². The highest BCUT2D eigenvalue weighted by molar-refractivity contribution is 5.73. The van der Waals surface area contributed by atoms with Gasteiger partial charge in [-0.3, -0.25) is 0 Å². The van der Waals surface area contributed by atoms with Crippen molar-refractivity contribution >= 4 is 5.57 Å². The predicted molar refractivity (Wildman–Crippen MR) is 70.0 cm³/mol. The van der Waals surface area contributed by atoms with Gasteiger partial charge in [-0.2, -0.15) is 0 Å². The van der Waals surface area contributed by atoms with Gasteiger partial charge in [0.15, 0.2) is 5.79 Å². The molecule has 94 valence electrons. The van der Waals surface area contributed by atoms with Crippen LogP contribution in [0.1, 0.15) is 36.8 Å². The van der Waals surface area contributed by atoms with Gasteiger partial charge in [-0.1, -0.05) is 30.3 Å². The monoisotopic (exact) mass is 242 g/mol. The van der Waals surface area contributed by atoms with Crippen molar-refractivity contribution in [2.24, 2.45) is 5.92 Å². The van der Waals surface area contributed by atoms with Gasteiger partial charge in [-0.15, -0.1) is 0 Å². The van der Waals surface area contributed by atoms with Crippen LogP contribution in [0.4, 0.5) is 0 Å². The lowest BCUT2D eigenvalue weighted by molar-refractivity contribution is -0.179. The molecular formula is C16H18O2. The van der Waals surface area contributed by atoms with Gasteiger partial charge in [0.05, 0.1) is 13.2 Å². The van der Waals surface area contributed by atoms with Crippen molar-refractivity contribution in [3.8, 4) is 0 Å². The zero-order chi connectivity index (χ0) is 12.0. The Kier molecular flexibility index (Phi) is 2.36. The standard InChI is InChI=1S/C16H18O2/c1-2-6-13-12(5-1)11-16(17-9-10-18-16)15-8-4-3-7-14(13)15/h3-4,6-8,12H,1-2,5,9-11H2. The molecule has 1 aromatic rings. The number of hydrogen-bond acceptors (Lipinski definition) is 2. The van der Waals surface area contributed by atoms with Crippen LogP contribution < -0.4 is 0 Å². The Morgan fingerprint density at radius 3 is 2.83 bits per heavy atom. The first kappa shape index (κ1) is 10.8. The van der Waals surface area contributed by atoms with E-state index in [-0.39, 0.29) is 0 Å². The third-order valence-electron chi connectivity index (χ3n) is 4.48. The van der Waals surface area contributed by atoms with E-state index in [9.17, 15) is 0 Å². The maximum Gasteiger partial charge on any atom is 0.196 e. The van der Waals surface area contributed by atoms with Crippen LogP contribution in [0.5, 0.6) is 0 Å². The predicted octanol–water partition coefficient (Wildman–Crippen LogP) is 3.47. The summed E-state index contributed by atoms with van der Waals surface area (Å²) >= 11 is 0. The molecule has 1 unspecified atom stereocenters. The minimum atomic E-state index is -0.448. The summed E-state index contributed by atoms with van der Waals surface area (Å²) in [5.41, 5.74) is 4.13. The van der Waals surface area contributed by atoms with Crippen molar-refractivity contribution in [3.05, 3.63) is 41.5 Å². The number of hydrogen-bond donors (Lipinski definition) is 0. The SMILES string of the molecule is C1=C2c3ccccc3C3(CC2CCC1)OCCO3. The van der Waals surface area contributed by atoms with Crippen LogP contribution in [0.3, 0.4) is 0 Å². The van der Waals surface area contributed by atoms with Gasteiger partial charge in [0, 0.05) is 12.0 Å². The number of ether oxygens (including phenoxy) is 2. The average molecular weight is 242 g/mol. The lowest BCUT2D eigenvalue weighted by Crippen LogP contribution is -2.36. The zero-order valence-electron chi connectivity index (χ0n) is 10.5. The Bertz CT molecular complexity index is 498. The lowest BCUT2D eigenvalue weighted by Gasteiger charge is -2.41. The summed E-state index contributed by atoms with van der Waals surface area (Å²) in [6, 6.07) is 8.62. The van der Waals surface area contributed by atoms with Crippen molar-refractivity contribution in [1.29, 1.82) is 0 Å². The molecule has 1 aliphatic heterocycles. The second-order valence-electron chi connectivity index (χ2n) is 5.49. The highest BCUT2D eigenvalue weighted by Crippen LogP contribution is 2.51. The summed E-state index contributed by atoms with van der Waals surface area (Å²) in [5, 5.41) is 0. The summed E-state index contributed by atoms with van der Waals surface area (Å²) in [7, 11) is 0. The molecule has 2 aliphatic carbocycles. The van der Waals surface area contributed by atoms with Crippen molar-refractivity contribution < 1.29 is 9.47 Å². The zero-order valence-corrected chi connectivity index (χ0v) is 10.5. The van der Waals surface area contributed by atoms with Gasteiger partial charge >= 0.3 is 0 Å². The maximum atomic E-state index is 6.01. The second-order valence-corrected chi connectivity index (χ2v) is 5.49. The Morgan fingerprint density at radius 1 is 1.11 bits per heavy atom. The van der Waals surface area contributed by atoms with Gasteiger partial charge in [0.25, 0.3) is 0 Å². The minimum Gasteiger partial charge on any atom is -0.343 e. The van der Waals surface area contributed by atoms with Crippen LogP contribution in [0.15, 0.2) is 30.3 Å². The van der Waals surface area contributed by atoms with Crippen molar-refractivity contribution in [2.75, 3.05) is 13.2 Å². The van der Waals surface area contributed by atoms with Gasteiger partial charge in [0.1, 0.15) is 0 Å². The largest absolute Gasteiger partial charge is 0.343 e. The summed E-state index contributed by atoms with van der Waals surface area (Å²) in [5.74, 6) is 0.169. The van der Waals surface area contributed by atoms with E-state index in [2.05, 4.69) is 30.3 Å². The van der Waals surface area contributed by atoms with E-state index in [1.54, 1.807) is 0 Å². The Hall–Kier alpha value is -1.12. The van der Waals surface area contributed by atoms with Crippen LogP contribution in [0.25, 0.3) is 5.57 Å². The van der Waals surface area contributed by atoms with Crippen molar-refractivity contribution in [3.63, 3.8) is 0 Å². The lowest BCUT2D eigenvalue weighted by atomic mass is 9.72. The molecule has 0 radical (unpaired) electrons. The number of benzene rings is 1. The molecule has 2 nitrogen and oxygen atoms in total. The molecular weight excluding hydrogens is 224 g/mol. The summed E-state index contributed by atoms with van der Waals surface area (Å²) in [4.78, 5) is 0. The number of allylic oxidation sites excluding steroid dienone is 2. The van der Waals surface area contributed by atoms with E-state index >= 15 is 0 Å². The molecule has 0 N–H and O–H groups in total. The maximum absolute atomic E-state index is 6.01. The van der Waals surface area contributed by atoms with E-state index in [1.807, 2.05) is 0 Å².